The third kappa shape index (κ3) is 5.68. The van der Waals surface area contributed by atoms with Crippen LogP contribution in [0.15, 0.2) is 22.8 Å². The molecule has 2 rings (SSSR count). The Hall–Kier alpha value is -1.14. The summed E-state index contributed by atoms with van der Waals surface area (Å²) in [6, 6.07) is 3.34. The number of carbonyl (C=O) groups is 1. The van der Waals surface area contributed by atoms with Crippen molar-refractivity contribution in [2.24, 2.45) is 0 Å². The smallest absolute Gasteiger partial charge is 0.278 e. The zero-order valence-electron chi connectivity index (χ0n) is 13.1. The highest BCUT2D eigenvalue weighted by Crippen LogP contribution is 2.56. The summed E-state index contributed by atoms with van der Waals surface area (Å²) in [4.78, 5) is 10.9. The molecule has 0 amide bonds. The molecule has 1 aromatic heterocycles. The quantitative estimate of drug-likeness (QED) is 0.450. The Morgan fingerprint density at radius 3 is 2.72 bits per heavy atom. The summed E-state index contributed by atoms with van der Waals surface area (Å²) >= 11 is -1.98. The first-order valence-electron chi connectivity index (χ1n) is 7.33. The highest BCUT2D eigenvalue weighted by molar-refractivity contribution is 9.10. The monoisotopic (exact) mass is 443 g/mol. The van der Waals surface area contributed by atoms with Crippen LogP contribution in [0.1, 0.15) is 10.4 Å². The van der Waals surface area contributed by atoms with Crippen molar-refractivity contribution >= 4 is 44.5 Å². The minimum Gasteiger partial charge on any atom is -0.395 e. The van der Waals surface area contributed by atoms with Crippen molar-refractivity contribution in [3.8, 4) is 0 Å². The third-order valence-electron chi connectivity index (χ3n) is 3.37. The van der Waals surface area contributed by atoms with E-state index in [1.807, 2.05) is 0 Å². The fraction of sp³-hybridized carbons (Fsp3) is 0.429. The van der Waals surface area contributed by atoms with Gasteiger partial charge in [-0.2, -0.15) is 9.40 Å². The standard InChI is InChI=1S/C14H17BrF3N3O3S/c15-13-7-11(10-23)8-14-12(13)9-20(19-14)2-5-24-6-3-21(1-4-22)25(16,17)18/h7-10,22H,1-6H2. The average molecular weight is 444 g/mol. The van der Waals surface area contributed by atoms with Crippen LogP contribution in [-0.2, 0) is 11.3 Å². The minimum atomic E-state index is -5.35. The lowest BCUT2D eigenvalue weighted by molar-refractivity contribution is 0.108. The van der Waals surface area contributed by atoms with Gasteiger partial charge in [0.25, 0.3) is 11.4 Å². The summed E-state index contributed by atoms with van der Waals surface area (Å²) < 4.78 is 46.0. The topological polar surface area (TPSA) is 67.6 Å². The maximum atomic E-state index is 12.7. The molecule has 25 heavy (non-hydrogen) atoms. The molecule has 0 bridgehead atoms. The second-order valence-corrected chi connectivity index (χ2v) is 7.23. The van der Waals surface area contributed by atoms with Crippen LogP contribution in [0.5, 0.6) is 0 Å². The van der Waals surface area contributed by atoms with Crippen LogP contribution in [0.25, 0.3) is 10.9 Å². The zero-order chi connectivity index (χ0) is 18.4. The second kappa shape index (κ2) is 8.99. The number of benzene rings is 1. The van der Waals surface area contributed by atoms with Crippen LogP contribution >= 0.6 is 27.3 Å². The van der Waals surface area contributed by atoms with Gasteiger partial charge in [-0.3, -0.25) is 9.48 Å². The number of aldehydes is 1. The summed E-state index contributed by atoms with van der Waals surface area (Å²) in [6.07, 6.45) is 2.50. The van der Waals surface area contributed by atoms with E-state index in [2.05, 4.69) is 21.0 Å². The normalized spacial score (nSPS) is 12.9. The van der Waals surface area contributed by atoms with E-state index in [9.17, 15) is 16.5 Å². The lowest BCUT2D eigenvalue weighted by Gasteiger charge is -2.25. The third-order valence-corrected chi connectivity index (χ3v) is 4.98. The molecule has 1 aromatic carbocycles. The maximum Gasteiger partial charge on any atom is 0.278 e. The van der Waals surface area contributed by atoms with Crippen molar-refractivity contribution in [3.05, 3.63) is 28.4 Å². The summed E-state index contributed by atoms with van der Waals surface area (Å²) in [5.41, 5.74) is 1.14. The van der Waals surface area contributed by atoms with Crippen molar-refractivity contribution < 1.29 is 26.3 Å². The van der Waals surface area contributed by atoms with Crippen molar-refractivity contribution in [2.75, 3.05) is 32.9 Å². The lowest BCUT2D eigenvalue weighted by Crippen LogP contribution is -2.28. The van der Waals surface area contributed by atoms with Gasteiger partial charge in [0.15, 0.2) is 0 Å². The lowest BCUT2D eigenvalue weighted by atomic mass is 10.2. The summed E-state index contributed by atoms with van der Waals surface area (Å²) in [5.74, 6) is 0. The molecule has 0 aliphatic carbocycles. The molecule has 0 aliphatic heterocycles. The number of rotatable bonds is 10. The van der Waals surface area contributed by atoms with E-state index in [0.29, 0.717) is 17.6 Å². The number of fused-ring (bicyclic) bond motifs is 1. The highest BCUT2D eigenvalue weighted by atomic mass is 79.9. The van der Waals surface area contributed by atoms with Gasteiger partial charge in [-0.15, -0.1) is 11.7 Å². The number of aromatic nitrogens is 2. The van der Waals surface area contributed by atoms with E-state index in [1.54, 1.807) is 23.0 Å². The fourth-order valence-electron chi connectivity index (χ4n) is 2.19. The average Bonchev–Trinajstić information content (AvgIpc) is 2.96. The molecule has 0 atom stereocenters. The summed E-state index contributed by atoms with van der Waals surface area (Å²) in [6.45, 7) is -0.826. The van der Waals surface area contributed by atoms with Gasteiger partial charge in [-0.05, 0) is 12.1 Å². The molecule has 1 N–H and O–H groups in total. The van der Waals surface area contributed by atoms with Gasteiger partial charge < -0.3 is 9.84 Å². The summed E-state index contributed by atoms with van der Waals surface area (Å²) in [5, 5.41) is 13.8. The van der Waals surface area contributed by atoms with Crippen LogP contribution in [0.2, 0.25) is 0 Å². The van der Waals surface area contributed by atoms with Gasteiger partial charge in [-0.25, -0.2) is 0 Å². The fourth-order valence-corrected chi connectivity index (χ4v) is 3.33. The number of hydrogen-bond donors (Lipinski definition) is 1. The number of nitrogens with zero attached hydrogens (tertiary/aromatic N) is 3. The molecule has 0 radical (unpaired) electrons. The molecule has 11 heteroatoms. The molecular weight excluding hydrogens is 427 g/mol. The van der Waals surface area contributed by atoms with E-state index < -0.39 is 24.5 Å². The van der Waals surface area contributed by atoms with E-state index in [0.717, 1.165) is 16.1 Å². The number of carbonyl (C=O) groups excluding carboxylic acids is 1. The Balaban J connectivity index is 1.85. The Bertz CT molecular complexity index is 726. The molecule has 6 nitrogen and oxygen atoms in total. The SMILES string of the molecule is O=Cc1cc(Br)c2cn(CCOCCN(CCO)S(F)(F)F)nc2c1. The zero-order valence-corrected chi connectivity index (χ0v) is 15.5. The summed E-state index contributed by atoms with van der Waals surface area (Å²) in [7, 11) is 0. The Labute approximate surface area is 153 Å². The molecule has 0 unspecified atom stereocenters. The number of hydrogen-bond acceptors (Lipinski definition) is 5. The van der Waals surface area contributed by atoms with E-state index >= 15 is 0 Å². The van der Waals surface area contributed by atoms with Gasteiger partial charge in [0.05, 0.1) is 31.9 Å². The van der Waals surface area contributed by atoms with Crippen LogP contribution in [-0.4, -0.2) is 58.4 Å². The molecule has 140 valence electrons. The van der Waals surface area contributed by atoms with Crippen LogP contribution in [0, 0.1) is 0 Å². The maximum absolute atomic E-state index is 12.7. The van der Waals surface area contributed by atoms with Gasteiger partial charge in [-0.1, -0.05) is 15.9 Å². The minimum absolute atomic E-state index is 0.0910. The van der Waals surface area contributed by atoms with Gasteiger partial charge >= 0.3 is 0 Å². The van der Waals surface area contributed by atoms with Crippen LogP contribution in [0.3, 0.4) is 0 Å². The Morgan fingerprint density at radius 1 is 1.32 bits per heavy atom. The first-order chi connectivity index (χ1) is 11.8. The molecule has 0 spiro atoms. The molecule has 0 saturated heterocycles. The van der Waals surface area contributed by atoms with Gasteiger partial charge in [0.1, 0.15) is 6.29 Å². The molecule has 0 saturated carbocycles. The molecule has 0 fully saturated rings. The number of aliphatic hydroxyl groups excluding tert-OH is 1. The number of ether oxygens (including phenoxy) is 1. The predicted octanol–water partition coefficient (Wildman–Crippen LogP) is 3.30. The Morgan fingerprint density at radius 2 is 2.08 bits per heavy atom. The van der Waals surface area contributed by atoms with E-state index in [1.165, 1.54) is 0 Å². The molecule has 0 aliphatic rings. The first-order valence-corrected chi connectivity index (χ1v) is 9.41. The van der Waals surface area contributed by atoms with Crippen molar-refractivity contribution in [2.45, 2.75) is 6.54 Å². The largest absolute Gasteiger partial charge is 0.395 e. The Kier molecular flexibility index (Phi) is 7.25. The van der Waals surface area contributed by atoms with Crippen LogP contribution in [0.4, 0.5) is 11.7 Å². The molecule has 1 heterocycles. The number of aliphatic hydroxyl groups is 1. The molecular formula is C14H17BrF3N3O3S. The van der Waals surface area contributed by atoms with E-state index in [4.69, 9.17) is 9.84 Å². The first kappa shape index (κ1) is 20.2. The predicted molar refractivity (Wildman–Crippen MR) is 93.2 cm³/mol. The number of halogens is 4. The van der Waals surface area contributed by atoms with E-state index in [-0.39, 0.29) is 24.1 Å². The second-order valence-electron chi connectivity index (χ2n) is 5.09. The van der Waals surface area contributed by atoms with Crippen molar-refractivity contribution in [1.29, 1.82) is 0 Å². The van der Waals surface area contributed by atoms with Crippen molar-refractivity contribution in [1.82, 2.24) is 14.1 Å². The van der Waals surface area contributed by atoms with Gasteiger partial charge in [0, 0.05) is 34.7 Å². The van der Waals surface area contributed by atoms with Crippen molar-refractivity contribution in [3.63, 3.8) is 0 Å². The van der Waals surface area contributed by atoms with Gasteiger partial charge in [0.2, 0.25) is 0 Å². The van der Waals surface area contributed by atoms with Crippen LogP contribution < -0.4 is 0 Å². The molecule has 2 aromatic rings. The highest BCUT2D eigenvalue weighted by Gasteiger charge is 2.30.